The lowest BCUT2D eigenvalue weighted by Crippen LogP contribution is -2.12. The molecule has 7 heteroatoms. The summed E-state index contributed by atoms with van der Waals surface area (Å²) >= 11 is 0. The number of amides is 1. The highest BCUT2D eigenvalue weighted by Crippen LogP contribution is 2.22. The Balaban J connectivity index is 1.36. The highest BCUT2D eigenvalue weighted by Gasteiger charge is 2.13. The first kappa shape index (κ1) is 21.0. The molecule has 3 heterocycles. The van der Waals surface area contributed by atoms with Gasteiger partial charge < -0.3 is 5.32 Å². The lowest BCUT2D eigenvalue weighted by molar-refractivity contribution is 0.102. The molecule has 164 valence electrons. The summed E-state index contributed by atoms with van der Waals surface area (Å²) in [5.41, 5.74) is 4.38. The van der Waals surface area contributed by atoms with Crippen LogP contribution in [0.2, 0.25) is 0 Å². The van der Waals surface area contributed by atoms with Gasteiger partial charge in [-0.25, -0.2) is 0 Å². The SMILES string of the molecule is O=C(Nc1cccc(C(=O)c2ccc3c(/C=C/c4ccccn4)n[nH]c3c2)c1)c1ccncc1. The van der Waals surface area contributed by atoms with Gasteiger partial charge in [0.15, 0.2) is 5.78 Å². The van der Waals surface area contributed by atoms with Crippen molar-refractivity contribution in [1.29, 1.82) is 0 Å². The molecule has 3 aromatic heterocycles. The molecule has 5 rings (SSSR count). The number of rotatable bonds is 6. The van der Waals surface area contributed by atoms with Crippen LogP contribution < -0.4 is 5.32 Å². The van der Waals surface area contributed by atoms with E-state index in [1.165, 1.54) is 0 Å². The van der Waals surface area contributed by atoms with E-state index in [9.17, 15) is 9.59 Å². The summed E-state index contributed by atoms with van der Waals surface area (Å²) in [5.74, 6) is -0.417. The molecule has 0 aliphatic heterocycles. The van der Waals surface area contributed by atoms with Crippen molar-refractivity contribution in [2.24, 2.45) is 0 Å². The fourth-order valence-corrected chi connectivity index (χ4v) is 3.56. The van der Waals surface area contributed by atoms with Crippen LogP contribution in [-0.2, 0) is 0 Å². The molecule has 34 heavy (non-hydrogen) atoms. The predicted octanol–water partition coefficient (Wildman–Crippen LogP) is 5.01. The van der Waals surface area contributed by atoms with E-state index in [1.54, 1.807) is 67.1 Å². The molecule has 0 saturated carbocycles. The molecule has 0 radical (unpaired) electrons. The predicted molar refractivity (Wildman–Crippen MR) is 131 cm³/mol. The van der Waals surface area contributed by atoms with Gasteiger partial charge >= 0.3 is 0 Å². The van der Waals surface area contributed by atoms with Crippen LogP contribution in [0.1, 0.15) is 37.7 Å². The number of H-pyrrole nitrogens is 1. The Kier molecular flexibility index (Phi) is 5.73. The van der Waals surface area contributed by atoms with Crippen molar-refractivity contribution in [2.75, 3.05) is 5.32 Å². The first-order valence-corrected chi connectivity index (χ1v) is 10.6. The van der Waals surface area contributed by atoms with Crippen LogP contribution in [0.5, 0.6) is 0 Å². The zero-order valence-corrected chi connectivity index (χ0v) is 18.0. The number of ketones is 1. The summed E-state index contributed by atoms with van der Waals surface area (Å²) in [4.78, 5) is 33.7. The molecule has 2 N–H and O–H groups in total. The minimum atomic E-state index is -0.267. The quantitative estimate of drug-likeness (QED) is 0.358. The normalized spacial score (nSPS) is 11.1. The minimum absolute atomic E-state index is 0.151. The summed E-state index contributed by atoms with van der Waals surface area (Å²) < 4.78 is 0. The maximum atomic E-state index is 13.1. The maximum Gasteiger partial charge on any atom is 0.255 e. The van der Waals surface area contributed by atoms with E-state index in [-0.39, 0.29) is 11.7 Å². The Morgan fingerprint density at radius 2 is 1.65 bits per heavy atom. The van der Waals surface area contributed by atoms with Gasteiger partial charge in [-0.1, -0.05) is 24.3 Å². The van der Waals surface area contributed by atoms with Gasteiger partial charge in [-0.05, 0) is 60.7 Å². The first-order valence-electron chi connectivity index (χ1n) is 10.6. The molecule has 0 atom stereocenters. The molecule has 0 bridgehead atoms. The second-order valence-corrected chi connectivity index (χ2v) is 7.56. The zero-order chi connectivity index (χ0) is 23.3. The molecule has 0 unspecified atom stereocenters. The van der Waals surface area contributed by atoms with Crippen molar-refractivity contribution in [2.45, 2.75) is 0 Å². The number of fused-ring (bicyclic) bond motifs is 1. The summed E-state index contributed by atoms with van der Waals surface area (Å²) in [6.45, 7) is 0. The largest absolute Gasteiger partial charge is 0.322 e. The van der Waals surface area contributed by atoms with Crippen molar-refractivity contribution in [3.05, 3.63) is 119 Å². The molecule has 7 nitrogen and oxygen atoms in total. The molecular weight excluding hydrogens is 426 g/mol. The third kappa shape index (κ3) is 4.49. The van der Waals surface area contributed by atoms with Crippen LogP contribution in [0.25, 0.3) is 23.1 Å². The number of nitrogens with one attached hydrogen (secondary N) is 2. The maximum absolute atomic E-state index is 13.1. The third-order valence-corrected chi connectivity index (χ3v) is 5.28. The second kappa shape index (κ2) is 9.30. The number of anilines is 1. The van der Waals surface area contributed by atoms with E-state index < -0.39 is 0 Å². The van der Waals surface area contributed by atoms with Gasteiger partial charge in [-0.15, -0.1) is 0 Å². The van der Waals surface area contributed by atoms with Crippen molar-refractivity contribution >= 4 is 40.4 Å². The third-order valence-electron chi connectivity index (χ3n) is 5.28. The van der Waals surface area contributed by atoms with Gasteiger partial charge in [0.2, 0.25) is 0 Å². The highest BCUT2D eigenvalue weighted by atomic mass is 16.1. The molecule has 0 saturated heterocycles. The van der Waals surface area contributed by atoms with Crippen LogP contribution >= 0.6 is 0 Å². The molecule has 0 spiro atoms. The van der Waals surface area contributed by atoms with Gasteiger partial charge in [-0.3, -0.25) is 24.7 Å². The Labute approximate surface area is 195 Å². The molecule has 0 aliphatic rings. The van der Waals surface area contributed by atoms with Crippen molar-refractivity contribution in [1.82, 2.24) is 20.2 Å². The number of pyridine rings is 2. The van der Waals surface area contributed by atoms with E-state index >= 15 is 0 Å². The lowest BCUT2D eigenvalue weighted by Gasteiger charge is -2.07. The van der Waals surface area contributed by atoms with Crippen molar-refractivity contribution in [3.63, 3.8) is 0 Å². The highest BCUT2D eigenvalue weighted by molar-refractivity contribution is 6.12. The molecular formula is C27H19N5O2. The second-order valence-electron chi connectivity index (χ2n) is 7.56. The van der Waals surface area contributed by atoms with E-state index in [4.69, 9.17) is 0 Å². The van der Waals surface area contributed by atoms with Crippen LogP contribution in [0.3, 0.4) is 0 Å². The summed E-state index contributed by atoms with van der Waals surface area (Å²) in [7, 11) is 0. The van der Waals surface area contributed by atoms with Gasteiger partial charge in [0.1, 0.15) is 0 Å². The average Bonchev–Trinajstić information content (AvgIpc) is 3.30. The minimum Gasteiger partial charge on any atom is -0.322 e. The van der Waals surface area contributed by atoms with E-state index in [1.807, 2.05) is 36.4 Å². The number of aromatic nitrogens is 4. The molecule has 5 aromatic rings. The topological polar surface area (TPSA) is 101 Å². The molecule has 0 fully saturated rings. The molecule has 2 aromatic carbocycles. The number of hydrogen-bond acceptors (Lipinski definition) is 5. The molecule has 1 amide bonds. The van der Waals surface area contributed by atoms with Gasteiger partial charge in [0.25, 0.3) is 5.91 Å². The number of aromatic amines is 1. The number of carbonyl (C=O) groups excluding carboxylic acids is 2. The number of carbonyl (C=O) groups is 2. The Hall–Kier alpha value is -4.91. The van der Waals surface area contributed by atoms with Gasteiger partial charge in [0, 0.05) is 46.4 Å². The first-order chi connectivity index (χ1) is 16.7. The fourth-order valence-electron chi connectivity index (χ4n) is 3.56. The average molecular weight is 445 g/mol. The van der Waals surface area contributed by atoms with E-state index in [0.29, 0.717) is 22.4 Å². The van der Waals surface area contributed by atoms with Crippen molar-refractivity contribution < 1.29 is 9.59 Å². The van der Waals surface area contributed by atoms with E-state index in [2.05, 4.69) is 25.5 Å². The van der Waals surface area contributed by atoms with Crippen LogP contribution in [0.15, 0.2) is 91.4 Å². The summed E-state index contributed by atoms with van der Waals surface area (Å²) in [5, 5.41) is 11.1. The number of benzene rings is 2. The Morgan fingerprint density at radius 3 is 2.47 bits per heavy atom. The van der Waals surface area contributed by atoms with Crippen LogP contribution in [0.4, 0.5) is 5.69 Å². The zero-order valence-electron chi connectivity index (χ0n) is 18.0. The van der Waals surface area contributed by atoms with Gasteiger partial charge in [-0.2, -0.15) is 5.10 Å². The smallest absolute Gasteiger partial charge is 0.255 e. The Morgan fingerprint density at radius 1 is 0.794 bits per heavy atom. The number of nitrogens with zero attached hydrogens (tertiary/aromatic N) is 3. The van der Waals surface area contributed by atoms with Crippen LogP contribution in [-0.4, -0.2) is 31.9 Å². The summed E-state index contributed by atoms with van der Waals surface area (Å²) in [6.07, 6.45) is 8.62. The summed E-state index contributed by atoms with van der Waals surface area (Å²) in [6, 6.07) is 21.3. The standard InChI is InChI=1S/C27H19N5O2/c33-26(19-4-3-6-22(16-19)30-27(34)18-11-14-28-15-12-18)20-7-9-23-24(31-32-25(23)17-20)10-8-21-5-1-2-13-29-21/h1-17H,(H,30,34)(H,31,32)/b10-8+. The number of hydrogen-bond donors (Lipinski definition) is 2. The van der Waals surface area contributed by atoms with E-state index in [0.717, 1.165) is 22.3 Å². The van der Waals surface area contributed by atoms with Gasteiger partial charge in [0.05, 0.1) is 16.9 Å². The molecule has 0 aliphatic carbocycles. The monoisotopic (exact) mass is 445 g/mol. The fraction of sp³-hybridized carbons (Fsp3) is 0. The lowest BCUT2D eigenvalue weighted by atomic mass is 10.0. The Bertz CT molecular complexity index is 1510. The van der Waals surface area contributed by atoms with Crippen molar-refractivity contribution in [3.8, 4) is 0 Å². The van der Waals surface area contributed by atoms with Crippen LogP contribution in [0, 0.1) is 0 Å².